The summed E-state index contributed by atoms with van der Waals surface area (Å²) in [7, 11) is 0. The van der Waals surface area contributed by atoms with Crippen molar-refractivity contribution in [2.45, 2.75) is 26.2 Å². The van der Waals surface area contributed by atoms with Crippen molar-refractivity contribution in [1.82, 2.24) is 4.98 Å². The number of nitrogens with zero attached hydrogens (tertiary/aromatic N) is 3. The standard InChI is InChI=1S/C23H17Cl2FN4O.C3H7NO/c1-27-30(17-9-6-15(26)7-10-17)21-4-2-3-14-5-8-16(11-18(14)21)29-23(31)19-12-22(25)28-13-20(19)24;1-2-3(4)5/h4-13H,1-3H2,(H,29,31);2H2,1H3,(H2,4,5). The number of carbonyl (C=O) groups is 2. The van der Waals surface area contributed by atoms with Gasteiger partial charge in [-0.2, -0.15) is 5.10 Å². The second kappa shape index (κ2) is 12.3. The van der Waals surface area contributed by atoms with Crippen molar-refractivity contribution in [3.8, 4) is 0 Å². The fourth-order valence-electron chi connectivity index (χ4n) is 3.45. The first-order valence-corrected chi connectivity index (χ1v) is 11.8. The van der Waals surface area contributed by atoms with Crippen LogP contribution in [0.1, 0.15) is 41.3 Å². The van der Waals surface area contributed by atoms with Gasteiger partial charge in [0.2, 0.25) is 5.91 Å². The lowest BCUT2D eigenvalue weighted by Gasteiger charge is -2.27. The molecule has 0 saturated heterocycles. The molecule has 3 N–H and O–H groups in total. The van der Waals surface area contributed by atoms with Crippen LogP contribution in [0.5, 0.6) is 0 Å². The highest BCUT2D eigenvalue weighted by atomic mass is 35.5. The van der Waals surface area contributed by atoms with E-state index in [9.17, 15) is 14.0 Å². The van der Waals surface area contributed by atoms with E-state index in [1.54, 1.807) is 24.1 Å². The number of rotatable bonds is 6. The highest BCUT2D eigenvalue weighted by Crippen LogP contribution is 2.34. The number of hydrazone groups is 1. The lowest BCUT2D eigenvalue weighted by molar-refractivity contribution is -0.117. The summed E-state index contributed by atoms with van der Waals surface area (Å²) in [5.41, 5.74) is 8.97. The molecule has 1 aromatic heterocycles. The van der Waals surface area contributed by atoms with E-state index in [1.165, 1.54) is 24.4 Å². The minimum Gasteiger partial charge on any atom is -0.370 e. The number of hydrogen-bond acceptors (Lipinski definition) is 5. The number of allylic oxidation sites excluding steroid dienone is 1. The SMILES string of the molecule is C=NN(C1=CCCc2ccc(NC(=O)c3cc(Cl)ncc3Cl)cc21)c1ccc(F)cc1.CCC(N)=O. The Balaban J connectivity index is 0.000000658. The molecule has 186 valence electrons. The largest absolute Gasteiger partial charge is 0.370 e. The molecule has 0 aliphatic heterocycles. The molecule has 10 heteroatoms. The van der Waals surface area contributed by atoms with Gasteiger partial charge in [-0.05, 0) is 60.9 Å². The van der Waals surface area contributed by atoms with Gasteiger partial charge in [0, 0.05) is 30.6 Å². The van der Waals surface area contributed by atoms with Gasteiger partial charge in [-0.3, -0.25) is 9.59 Å². The third-order valence-electron chi connectivity index (χ3n) is 5.25. The van der Waals surface area contributed by atoms with E-state index < -0.39 is 5.91 Å². The molecule has 7 nitrogen and oxygen atoms in total. The van der Waals surface area contributed by atoms with Crippen LogP contribution in [0.25, 0.3) is 5.70 Å². The summed E-state index contributed by atoms with van der Waals surface area (Å²) in [4.78, 5) is 26.2. The van der Waals surface area contributed by atoms with Crippen molar-refractivity contribution in [2.24, 2.45) is 10.8 Å². The van der Waals surface area contributed by atoms with Gasteiger partial charge in [0.25, 0.3) is 5.91 Å². The number of anilines is 2. The second-order valence-corrected chi connectivity index (χ2v) is 8.48. The number of nitrogens with two attached hydrogens (primary N) is 1. The van der Waals surface area contributed by atoms with Crippen molar-refractivity contribution in [2.75, 3.05) is 10.3 Å². The number of aromatic nitrogens is 1. The third kappa shape index (κ3) is 6.68. The summed E-state index contributed by atoms with van der Waals surface area (Å²) in [5.74, 6) is -0.969. The van der Waals surface area contributed by atoms with Gasteiger partial charge >= 0.3 is 0 Å². The summed E-state index contributed by atoms with van der Waals surface area (Å²) in [6, 6.07) is 13.1. The van der Waals surface area contributed by atoms with Crippen molar-refractivity contribution < 1.29 is 14.0 Å². The Bertz CT molecular complexity index is 1310. The quantitative estimate of drug-likeness (QED) is 0.230. The van der Waals surface area contributed by atoms with Crippen LogP contribution in [0.15, 0.2) is 65.9 Å². The smallest absolute Gasteiger partial charge is 0.257 e. The summed E-state index contributed by atoms with van der Waals surface area (Å²) >= 11 is 12.0. The minimum absolute atomic E-state index is 0.178. The average molecular weight is 528 g/mol. The fourth-order valence-corrected chi connectivity index (χ4v) is 3.80. The maximum absolute atomic E-state index is 13.4. The number of amides is 2. The Labute approximate surface area is 218 Å². The van der Waals surface area contributed by atoms with Crippen LogP contribution in [0.2, 0.25) is 10.2 Å². The molecule has 1 aliphatic carbocycles. The van der Waals surface area contributed by atoms with E-state index in [0.717, 1.165) is 29.7 Å². The molecule has 0 fully saturated rings. The van der Waals surface area contributed by atoms with Crippen LogP contribution >= 0.6 is 23.2 Å². The first kappa shape index (κ1) is 26.8. The first-order chi connectivity index (χ1) is 17.2. The molecule has 0 radical (unpaired) electrons. The zero-order valence-electron chi connectivity index (χ0n) is 19.5. The third-order valence-corrected chi connectivity index (χ3v) is 5.76. The van der Waals surface area contributed by atoms with Gasteiger partial charge in [0.15, 0.2) is 0 Å². The monoisotopic (exact) mass is 527 g/mol. The predicted molar refractivity (Wildman–Crippen MR) is 143 cm³/mol. The molecule has 0 bridgehead atoms. The molecule has 0 saturated carbocycles. The maximum Gasteiger partial charge on any atom is 0.257 e. The normalized spacial score (nSPS) is 11.8. The first-order valence-electron chi connectivity index (χ1n) is 11.0. The van der Waals surface area contributed by atoms with E-state index >= 15 is 0 Å². The number of carbonyl (C=O) groups excluding carboxylic acids is 2. The number of hydrogen-bond donors (Lipinski definition) is 2. The van der Waals surface area contributed by atoms with Gasteiger partial charge in [0.05, 0.1) is 22.0 Å². The van der Waals surface area contributed by atoms with Crippen LogP contribution in [0.3, 0.4) is 0 Å². The molecule has 0 unspecified atom stereocenters. The van der Waals surface area contributed by atoms with Crippen molar-refractivity contribution in [3.05, 3.63) is 93.5 Å². The Morgan fingerprint density at radius 3 is 2.53 bits per heavy atom. The van der Waals surface area contributed by atoms with E-state index in [-0.39, 0.29) is 27.5 Å². The molecule has 3 aromatic rings. The molecular formula is C26H24Cl2FN5O2. The number of pyridine rings is 1. The van der Waals surface area contributed by atoms with E-state index in [2.05, 4.69) is 27.9 Å². The molecular weight excluding hydrogens is 504 g/mol. The molecule has 2 aromatic carbocycles. The van der Waals surface area contributed by atoms with Crippen LogP contribution < -0.4 is 16.1 Å². The number of halogens is 3. The van der Waals surface area contributed by atoms with E-state index in [1.807, 2.05) is 24.3 Å². The Morgan fingerprint density at radius 2 is 1.89 bits per heavy atom. The van der Waals surface area contributed by atoms with E-state index in [4.69, 9.17) is 23.2 Å². The van der Waals surface area contributed by atoms with Gasteiger partial charge in [0.1, 0.15) is 11.0 Å². The molecule has 36 heavy (non-hydrogen) atoms. The van der Waals surface area contributed by atoms with Gasteiger partial charge < -0.3 is 11.1 Å². The number of nitrogens with one attached hydrogen (secondary N) is 1. The summed E-state index contributed by atoms with van der Waals surface area (Å²) < 4.78 is 13.4. The van der Waals surface area contributed by atoms with Crippen LogP contribution in [0.4, 0.5) is 15.8 Å². The maximum atomic E-state index is 13.4. The number of fused-ring (bicyclic) bond motifs is 1. The van der Waals surface area contributed by atoms with Crippen molar-refractivity contribution in [1.29, 1.82) is 0 Å². The van der Waals surface area contributed by atoms with Gasteiger partial charge in [-0.25, -0.2) is 14.4 Å². The highest BCUT2D eigenvalue weighted by Gasteiger charge is 2.21. The molecule has 1 aliphatic rings. The van der Waals surface area contributed by atoms with E-state index in [0.29, 0.717) is 17.8 Å². The van der Waals surface area contributed by atoms with Crippen molar-refractivity contribution >= 4 is 58.8 Å². The topological polar surface area (TPSA) is 101 Å². The molecule has 4 rings (SSSR count). The number of benzene rings is 2. The zero-order chi connectivity index (χ0) is 26.2. The van der Waals surface area contributed by atoms with Gasteiger partial charge in [-0.15, -0.1) is 0 Å². The fraction of sp³-hybridized carbons (Fsp3) is 0.154. The Morgan fingerprint density at radius 1 is 1.19 bits per heavy atom. The predicted octanol–water partition coefficient (Wildman–Crippen LogP) is 6.07. The number of primary amides is 1. The summed E-state index contributed by atoms with van der Waals surface area (Å²) in [6.07, 6.45) is 5.51. The lowest BCUT2D eigenvalue weighted by Crippen LogP contribution is -2.18. The Kier molecular flexibility index (Phi) is 9.16. The van der Waals surface area contributed by atoms with Crippen molar-refractivity contribution in [3.63, 3.8) is 0 Å². The van der Waals surface area contributed by atoms with Gasteiger partial charge in [-0.1, -0.05) is 42.3 Å². The lowest BCUT2D eigenvalue weighted by atomic mass is 9.93. The van der Waals surface area contributed by atoms with Crippen LogP contribution in [0, 0.1) is 5.82 Å². The second-order valence-electron chi connectivity index (χ2n) is 7.69. The average Bonchev–Trinajstić information content (AvgIpc) is 2.87. The van der Waals surface area contributed by atoms with Crippen LogP contribution in [-0.2, 0) is 11.2 Å². The number of aryl methyl sites for hydroxylation is 1. The molecule has 0 atom stereocenters. The molecule has 1 heterocycles. The zero-order valence-corrected chi connectivity index (χ0v) is 21.0. The summed E-state index contributed by atoms with van der Waals surface area (Å²) in [6.45, 7) is 5.40. The Hall–Kier alpha value is -3.75. The molecule has 2 amide bonds. The molecule has 0 spiro atoms. The van der Waals surface area contributed by atoms with Crippen LogP contribution in [-0.4, -0.2) is 23.5 Å². The minimum atomic E-state index is -0.396. The summed E-state index contributed by atoms with van der Waals surface area (Å²) in [5, 5.41) is 9.03. The highest BCUT2D eigenvalue weighted by molar-refractivity contribution is 6.35.